The van der Waals surface area contributed by atoms with Gasteiger partial charge in [-0.3, -0.25) is 14.4 Å². The van der Waals surface area contributed by atoms with E-state index in [-0.39, 0.29) is 29.6 Å². The van der Waals surface area contributed by atoms with Crippen LogP contribution in [0.15, 0.2) is 103 Å². The first-order valence-corrected chi connectivity index (χ1v) is 16.4. The summed E-state index contributed by atoms with van der Waals surface area (Å²) in [6.45, 7) is 4.90. The largest absolute Gasteiger partial charge is 0.394 e. The van der Waals surface area contributed by atoms with Crippen molar-refractivity contribution in [3.63, 3.8) is 0 Å². The van der Waals surface area contributed by atoms with E-state index in [4.69, 9.17) is 0 Å². The number of thioether (sulfide) groups is 1. The number of carbonyl (C=O) groups excluding carboxylic acids is 3. The Hall–Kier alpha value is -4.14. The van der Waals surface area contributed by atoms with E-state index in [1.165, 1.54) is 0 Å². The quantitative estimate of drug-likeness (QED) is 0.400. The number of aliphatic hydroxyl groups is 1. The van der Waals surface area contributed by atoms with Crippen molar-refractivity contribution < 1.29 is 19.5 Å². The molecule has 2 fully saturated rings. The summed E-state index contributed by atoms with van der Waals surface area (Å²) in [6, 6.07) is 23.6. The Morgan fingerprint density at radius 2 is 1.53 bits per heavy atom. The molecule has 1 N–H and O–H groups in total. The Balaban J connectivity index is 1.36. The summed E-state index contributed by atoms with van der Waals surface area (Å²) in [6.07, 6.45) is 8.12. The number of nitrogens with zero attached hydrogens (tertiary/aromatic N) is 3. The van der Waals surface area contributed by atoms with Crippen molar-refractivity contribution >= 4 is 35.2 Å². The normalized spacial score (nSPS) is 28.1. The summed E-state index contributed by atoms with van der Waals surface area (Å²) in [5.74, 6) is -1.93. The highest BCUT2D eigenvalue weighted by molar-refractivity contribution is 8.02. The lowest BCUT2D eigenvalue weighted by atomic mass is 9.78. The monoisotopic (exact) mass is 619 g/mol. The molecular formula is C37H37N3O4S. The number of para-hydroxylation sites is 1. The van der Waals surface area contributed by atoms with Gasteiger partial charge >= 0.3 is 0 Å². The van der Waals surface area contributed by atoms with Crippen LogP contribution in [0.5, 0.6) is 0 Å². The SMILES string of the molecule is Cc1cccc(C)c1N1CC=C[C@]23S[C@@H]4C=CCN(Cc5ccccc5)C(=O)[C@@H]4[C@H]2C(=O)N([C@H](CO)c2ccccc2)C3C1=O. The van der Waals surface area contributed by atoms with Gasteiger partial charge in [-0.2, -0.15) is 0 Å². The summed E-state index contributed by atoms with van der Waals surface area (Å²) in [7, 11) is 0. The van der Waals surface area contributed by atoms with Crippen molar-refractivity contribution in [1.82, 2.24) is 9.80 Å². The van der Waals surface area contributed by atoms with E-state index in [1.54, 1.807) is 21.6 Å². The predicted octanol–water partition coefficient (Wildman–Crippen LogP) is 4.84. The number of rotatable bonds is 6. The van der Waals surface area contributed by atoms with Gasteiger partial charge in [-0.1, -0.05) is 103 Å². The third-order valence-electron chi connectivity index (χ3n) is 9.80. The molecule has 0 radical (unpaired) electrons. The zero-order valence-electron chi connectivity index (χ0n) is 25.5. The first-order valence-electron chi connectivity index (χ1n) is 15.6. The Morgan fingerprint density at radius 3 is 2.22 bits per heavy atom. The van der Waals surface area contributed by atoms with Crippen LogP contribution in [0.3, 0.4) is 0 Å². The number of amides is 3. The number of carbonyl (C=O) groups is 3. The summed E-state index contributed by atoms with van der Waals surface area (Å²) >= 11 is 1.56. The molecule has 2 saturated heterocycles. The standard InChI is InChI=1S/C37H37N3O4S/c1-24-12-9-13-25(2)32(24)39-21-11-19-37-31(35(43)40(33(37)36(39)44)28(23-41)27-16-7-4-8-17-27)30-29(45-37)18-10-20-38(34(30)42)22-26-14-5-3-6-15-26/h3-19,28-31,33,41H,20-23H2,1-2H3/t28-,29-,30+,31+,33?,37+/m1/s1. The highest BCUT2D eigenvalue weighted by Gasteiger charge is 2.72. The maximum Gasteiger partial charge on any atom is 0.251 e. The summed E-state index contributed by atoms with van der Waals surface area (Å²) in [5.41, 5.74) is 4.56. The molecule has 7 nitrogen and oxygen atoms in total. The molecule has 0 bridgehead atoms. The lowest BCUT2D eigenvalue weighted by molar-refractivity contribution is -0.145. The number of hydrogen-bond donors (Lipinski definition) is 1. The zero-order valence-corrected chi connectivity index (χ0v) is 26.3. The van der Waals surface area contributed by atoms with Crippen LogP contribution in [0, 0.1) is 25.7 Å². The molecule has 0 aliphatic carbocycles. The van der Waals surface area contributed by atoms with E-state index >= 15 is 4.79 Å². The minimum atomic E-state index is -0.979. The molecule has 3 aromatic carbocycles. The first-order chi connectivity index (χ1) is 21.9. The van der Waals surface area contributed by atoms with E-state index in [1.807, 2.05) is 116 Å². The number of hydrogen-bond acceptors (Lipinski definition) is 5. The van der Waals surface area contributed by atoms with E-state index in [9.17, 15) is 14.7 Å². The van der Waals surface area contributed by atoms with E-state index in [0.717, 1.165) is 27.9 Å². The summed E-state index contributed by atoms with van der Waals surface area (Å²) in [4.78, 5) is 49.7. The van der Waals surface area contributed by atoms with Gasteiger partial charge in [0.05, 0.1) is 29.2 Å². The fraction of sp³-hybridized carbons (Fsp3) is 0.324. The highest BCUT2D eigenvalue weighted by atomic mass is 32.2. The minimum Gasteiger partial charge on any atom is -0.394 e. The smallest absolute Gasteiger partial charge is 0.251 e. The Morgan fingerprint density at radius 1 is 0.844 bits per heavy atom. The van der Waals surface area contributed by atoms with Crippen LogP contribution in [0.1, 0.15) is 28.3 Å². The Kier molecular flexibility index (Phi) is 7.66. The van der Waals surface area contributed by atoms with E-state index in [0.29, 0.717) is 19.6 Å². The molecule has 1 spiro atoms. The zero-order chi connectivity index (χ0) is 31.3. The highest BCUT2D eigenvalue weighted by Crippen LogP contribution is 2.62. The number of aryl methyl sites for hydroxylation is 2. The fourth-order valence-corrected chi connectivity index (χ4v) is 9.87. The van der Waals surface area contributed by atoms with Crippen molar-refractivity contribution in [2.24, 2.45) is 11.8 Å². The molecular weight excluding hydrogens is 582 g/mol. The second-order valence-electron chi connectivity index (χ2n) is 12.4. The number of anilines is 1. The third kappa shape index (κ3) is 4.73. The average molecular weight is 620 g/mol. The molecule has 230 valence electrons. The van der Waals surface area contributed by atoms with Gasteiger partial charge in [0.2, 0.25) is 11.8 Å². The van der Waals surface area contributed by atoms with Crippen molar-refractivity contribution in [2.75, 3.05) is 24.6 Å². The third-order valence-corrected chi connectivity index (χ3v) is 11.5. The van der Waals surface area contributed by atoms with Gasteiger partial charge in [0.25, 0.3) is 5.91 Å². The number of aliphatic hydroxyl groups excluding tert-OH is 1. The molecule has 4 heterocycles. The predicted molar refractivity (Wildman–Crippen MR) is 176 cm³/mol. The molecule has 3 aromatic rings. The van der Waals surface area contributed by atoms with Crippen LogP contribution in [0.2, 0.25) is 0 Å². The van der Waals surface area contributed by atoms with Gasteiger partial charge in [0.15, 0.2) is 0 Å². The van der Waals surface area contributed by atoms with Crippen LogP contribution in [-0.2, 0) is 20.9 Å². The van der Waals surface area contributed by atoms with Crippen LogP contribution in [0.4, 0.5) is 5.69 Å². The number of likely N-dealkylation sites (tertiary alicyclic amines) is 1. The van der Waals surface area contributed by atoms with Crippen molar-refractivity contribution in [3.05, 3.63) is 125 Å². The van der Waals surface area contributed by atoms with Crippen LogP contribution in [0.25, 0.3) is 0 Å². The molecule has 3 amide bonds. The summed E-state index contributed by atoms with van der Waals surface area (Å²) in [5, 5.41) is 10.6. The molecule has 4 aliphatic heterocycles. The topological polar surface area (TPSA) is 81.2 Å². The summed E-state index contributed by atoms with van der Waals surface area (Å²) < 4.78 is -0.979. The van der Waals surface area contributed by atoms with Crippen molar-refractivity contribution in [3.8, 4) is 0 Å². The lowest BCUT2D eigenvalue weighted by Gasteiger charge is -2.39. The molecule has 1 unspecified atom stereocenters. The molecule has 6 atom stereocenters. The van der Waals surface area contributed by atoms with Crippen LogP contribution >= 0.6 is 11.8 Å². The molecule has 0 saturated carbocycles. The first kappa shape index (κ1) is 29.6. The number of fused-ring (bicyclic) bond motifs is 2. The molecule has 0 aromatic heterocycles. The number of benzene rings is 3. The van der Waals surface area contributed by atoms with E-state index in [2.05, 4.69) is 6.08 Å². The maximum atomic E-state index is 15.0. The molecule has 7 rings (SSSR count). The maximum absolute atomic E-state index is 15.0. The van der Waals surface area contributed by atoms with Gasteiger partial charge in [0, 0.05) is 30.6 Å². The Labute approximate surface area is 268 Å². The fourth-order valence-electron chi connectivity index (χ4n) is 7.87. The second-order valence-corrected chi connectivity index (χ2v) is 13.9. The minimum absolute atomic E-state index is 0.0749. The van der Waals surface area contributed by atoms with Crippen molar-refractivity contribution in [1.29, 1.82) is 0 Å². The average Bonchev–Trinajstić information content (AvgIpc) is 3.37. The molecule has 4 aliphatic rings. The van der Waals surface area contributed by atoms with Gasteiger partial charge < -0.3 is 19.8 Å². The van der Waals surface area contributed by atoms with Crippen LogP contribution in [-0.4, -0.2) is 68.4 Å². The Bertz CT molecular complexity index is 1670. The van der Waals surface area contributed by atoms with Crippen molar-refractivity contribution in [2.45, 2.75) is 42.5 Å². The van der Waals surface area contributed by atoms with E-state index < -0.39 is 28.7 Å². The molecule has 45 heavy (non-hydrogen) atoms. The van der Waals surface area contributed by atoms with Crippen LogP contribution < -0.4 is 4.90 Å². The molecule has 8 heteroatoms. The van der Waals surface area contributed by atoms with Gasteiger partial charge in [0.1, 0.15) is 6.04 Å². The van der Waals surface area contributed by atoms with Gasteiger partial charge in [-0.15, -0.1) is 11.8 Å². The van der Waals surface area contributed by atoms with Gasteiger partial charge in [-0.25, -0.2) is 0 Å². The van der Waals surface area contributed by atoms with Gasteiger partial charge in [-0.05, 0) is 36.1 Å². The lowest BCUT2D eigenvalue weighted by Crippen LogP contribution is -2.54. The second kappa shape index (κ2) is 11.7.